The van der Waals surface area contributed by atoms with Crippen LogP contribution in [0.5, 0.6) is 0 Å². The second kappa shape index (κ2) is 8.36. The molecule has 9 nitrogen and oxygen atoms in total. The molecule has 0 unspecified atom stereocenters. The number of piperazine rings is 1. The Hall–Kier alpha value is -2.65. The molecule has 0 bridgehead atoms. The van der Waals surface area contributed by atoms with E-state index in [9.17, 15) is 14.9 Å². The number of nitrogens with zero attached hydrogens (tertiary/aromatic N) is 5. The molecule has 1 aromatic carbocycles. The number of nitro benzene ring substituents is 1. The van der Waals surface area contributed by atoms with Gasteiger partial charge in [-0.25, -0.2) is 4.68 Å². The van der Waals surface area contributed by atoms with Crippen LogP contribution in [0, 0.1) is 10.1 Å². The normalized spacial score (nSPS) is 15.0. The Bertz CT molecular complexity index is 862. The highest BCUT2D eigenvalue weighted by Gasteiger charge is 2.20. The third kappa shape index (κ3) is 4.55. The van der Waals surface area contributed by atoms with E-state index in [1.807, 2.05) is 0 Å². The van der Waals surface area contributed by atoms with Crippen molar-refractivity contribution in [3.05, 3.63) is 56.0 Å². The summed E-state index contributed by atoms with van der Waals surface area (Å²) in [4.78, 5) is 26.6. The van der Waals surface area contributed by atoms with Crippen molar-refractivity contribution < 1.29 is 4.92 Å². The molecule has 0 radical (unpaired) electrons. The summed E-state index contributed by atoms with van der Waals surface area (Å²) in [6, 6.07) is 6.40. The summed E-state index contributed by atoms with van der Waals surface area (Å²) in [5, 5.41) is 18.2. The third-order valence-corrected chi connectivity index (χ3v) is 4.96. The Morgan fingerprint density at radius 3 is 2.52 bits per heavy atom. The van der Waals surface area contributed by atoms with Crippen LogP contribution in [0.15, 0.2) is 35.3 Å². The second-order valence-electron chi connectivity index (χ2n) is 6.33. The van der Waals surface area contributed by atoms with Crippen molar-refractivity contribution in [2.24, 2.45) is 7.05 Å². The maximum atomic E-state index is 11.9. The van der Waals surface area contributed by atoms with Gasteiger partial charge >= 0.3 is 0 Å². The molecule has 1 fully saturated rings. The van der Waals surface area contributed by atoms with Gasteiger partial charge in [-0.05, 0) is 12.1 Å². The molecular formula is C17H21ClN6O3. The average molecular weight is 393 g/mol. The molecule has 0 saturated carbocycles. The van der Waals surface area contributed by atoms with Crippen LogP contribution < -0.4 is 15.8 Å². The number of rotatable bonds is 6. The molecule has 3 rings (SSSR count). The number of halogens is 1. The molecule has 0 atom stereocenters. The number of hydrogen-bond acceptors (Lipinski definition) is 7. The first-order valence-corrected chi connectivity index (χ1v) is 9.01. The number of aryl methyl sites for hydroxylation is 1. The number of benzene rings is 1. The van der Waals surface area contributed by atoms with Gasteiger partial charge in [-0.15, -0.1) is 0 Å². The van der Waals surface area contributed by atoms with Crippen molar-refractivity contribution >= 4 is 28.7 Å². The zero-order valence-electron chi connectivity index (χ0n) is 15.0. The summed E-state index contributed by atoms with van der Waals surface area (Å²) >= 11 is 6.17. The molecule has 1 aliphatic heterocycles. The summed E-state index contributed by atoms with van der Waals surface area (Å²) in [6.07, 6.45) is 1.63. The fraction of sp³-hybridized carbons (Fsp3) is 0.412. The first kappa shape index (κ1) is 19.1. The van der Waals surface area contributed by atoms with E-state index in [0.717, 1.165) is 45.0 Å². The molecule has 0 spiro atoms. The van der Waals surface area contributed by atoms with Gasteiger partial charge in [0.2, 0.25) is 0 Å². The first-order valence-electron chi connectivity index (χ1n) is 8.63. The molecule has 1 N–H and O–H groups in total. The number of anilines is 2. The lowest BCUT2D eigenvalue weighted by molar-refractivity contribution is -0.384. The van der Waals surface area contributed by atoms with Gasteiger partial charge in [0.05, 0.1) is 16.8 Å². The van der Waals surface area contributed by atoms with Crippen LogP contribution in [0.2, 0.25) is 5.02 Å². The predicted molar refractivity (Wildman–Crippen MR) is 105 cm³/mol. The zero-order valence-corrected chi connectivity index (χ0v) is 15.7. The van der Waals surface area contributed by atoms with Crippen LogP contribution in [0.1, 0.15) is 0 Å². The minimum absolute atomic E-state index is 0.0839. The third-order valence-electron chi connectivity index (χ3n) is 4.61. The first-order chi connectivity index (χ1) is 13.0. The van der Waals surface area contributed by atoms with Crippen LogP contribution in [-0.2, 0) is 7.05 Å². The summed E-state index contributed by atoms with van der Waals surface area (Å²) < 4.78 is 1.23. The molecular weight excluding hydrogens is 372 g/mol. The largest absolute Gasteiger partial charge is 0.384 e. The molecule has 10 heteroatoms. The number of hydrogen-bond donors (Lipinski definition) is 1. The predicted octanol–water partition coefficient (Wildman–Crippen LogP) is 1.58. The molecule has 2 heterocycles. The summed E-state index contributed by atoms with van der Waals surface area (Å²) in [6.45, 7) is 4.85. The van der Waals surface area contributed by atoms with E-state index in [-0.39, 0.29) is 16.3 Å². The Morgan fingerprint density at radius 2 is 1.89 bits per heavy atom. The summed E-state index contributed by atoms with van der Waals surface area (Å²) in [5.41, 5.74) is 1.34. The maximum absolute atomic E-state index is 11.9. The van der Waals surface area contributed by atoms with Crippen molar-refractivity contribution in [3.8, 4) is 0 Å². The second-order valence-corrected chi connectivity index (χ2v) is 6.71. The summed E-state index contributed by atoms with van der Waals surface area (Å²) in [7, 11) is 1.58. The van der Waals surface area contributed by atoms with Gasteiger partial charge in [-0.1, -0.05) is 11.6 Å². The van der Waals surface area contributed by atoms with E-state index in [0.29, 0.717) is 5.69 Å². The molecule has 27 heavy (non-hydrogen) atoms. The monoisotopic (exact) mass is 392 g/mol. The number of nitro groups is 1. The smallest absolute Gasteiger partial charge is 0.287 e. The van der Waals surface area contributed by atoms with Gasteiger partial charge in [-0.2, -0.15) is 5.10 Å². The topological polar surface area (TPSA) is 96.5 Å². The highest BCUT2D eigenvalue weighted by Crippen LogP contribution is 2.22. The molecule has 0 amide bonds. The van der Waals surface area contributed by atoms with E-state index in [1.165, 1.54) is 16.8 Å². The highest BCUT2D eigenvalue weighted by atomic mass is 35.5. The Kier molecular flexibility index (Phi) is 5.92. The van der Waals surface area contributed by atoms with Crippen molar-refractivity contribution in [3.63, 3.8) is 0 Å². The average Bonchev–Trinajstić information content (AvgIpc) is 2.67. The molecule has 2 aromatic rings. The van der Waals surface area contributed by atoms with Gasteiger partial charge in [0.1, 0.15) is 5.02 Å². The fourth-order valence-electron chi connectivity index (χ4n) is 2.99. The van der Waals surface area contributed by atoms with Gasteiger partial charge < -0.3 is 10.2 Å². The van der Waals surface area contributed by atoms with Crippen LogP contribution in [0.4, 0.5) is 17.1 Å². The summed E-state index contributed by atoms with van der Waals surface area (Å²) in [5.74, 6) is 0. The Morgan fingerprint density at radius 1 is 1.22 bits per heavy atom. The minimum atomic E-state index is -0.409. The molecule has 1 aliphatic rings. The Balaban J connectivity index is 1.46. The van der Waals surface area contributed by atoms with Gasteiger partial charge in [0.15, 0.2) is 0 Å². The Labute approximate surface area is 161 Å². The van der Waals surface area contributed by atoms with Crippen LogP contribution in [0.3, 0.4) is 0 Å². The lowest BCUT2D eigenvalue weighted by Gasteiger charge is -2.36. The SMILES string of the molecule is Cn1ncc(N2CCN(CCNc3ccc([N+](=O)[O-])cc3)CC2)c(Cl)c1=O. The number of non-ortho nitro benzene ring substituents is 1. The van der Waals surface area contributed by atoms with Gasteiger partial charge in [0.25, 0.3) is 11.2 Å². The molecule has 144 valence electrons. The van der Waals surface area contributed by atoms with Crippen LogP contribution >= 0.6 is 11.6 Å². The van der Waals surface area contributed by atoms with E-state index in [2.05, 4.69) is 20.2 Å². The molecule has 1 aromatic heterocycles. The highest BCUT2D eigenvalue weighted by molar-refractivity contribution is 6.33. The fourth-order valence-corrected chi connectivity index (χ4v) is 3.28. The molecule has 1 saturated heterocycles. The van der Waals surface area contributed by atoms with Crippen LogP contribution in [0.25, 0.3) is 0 Å². The van der Waals surface area contributed by atoms with E-state index < -0.39 is 4.92 Å². The van der Waals surface area contributed by atoms with Gasteiger partial charge in [-0.3, -0.25) is 19.8 Å². The van der Waals surface area contributed by atoms with Crippen molar-refractivity contribution in [1.29, 1.82) is 0 Å². The minimum Gasteiger partial charge on any atom is -0.384 e. The lowest BCUT2D eigenvalue weighted by atomic mass is 10.2. The van der Waals surface area contributed by atoms with Gasteiger partial charge in [0, 0.05) is 64.1 Å². The standard InChI is InChI=1S/C17H21ClN6O3/c1-21-17(25)16(18)15(12-20-21)23-10-8-22(9-11-23)7-6-19-13-2-4-14(5-3-13)24(26)27/h2-5,12,19H,6-11H2,1H3. The molecule has 0 aliphatic carbocycles. The number of aromatic nitrogens is 2. The number of nitrogens with one attached hydrogen (secondary N) is 1. The van der Waals surface area contributed by atoms with E-state index in [1.54, 1.807) is 25.4 Å². The van der Waals surface area contributed by atoms with Crippen molar-refractivity contribution in [2.75, 3.05) is 49.5 Å². The van der Waals surface area contributed by atoms with E-state index >= 15 is 0 Å². The zero-order chi connectivity index (χ0) is 19.4. The maximum Gasteiger partial charge on any atom is 0.287 e. The van der Waals surface area contributed by atoms with Crippen LogP contribution in [-0.4, -0.2) is 58.9 Å². The lowest BCUT2D eigenvalue weighted by Crippen LogP contribution is -2.48. The van der Waals surface area contributed by atoms with Crippen molar-refractivity contribution in [1.82, 2.24) is 14.7 Å². The van der Waals surface area contributed by atoms with Crippen molar-refractivity contribution in [2.45, 2.75) is 0 Å². The van der Waals surface area contributed by atoms with E-state index in [4.69, 9.17) is 11.6 Å². The quantitative estimate of drug-likeness (QED) is 0.588.